The van der Waals surface area contributed by atoms with E-state index in [-0.39, 0.29) is 16.7 Å². The van der Waals surface area contributed by atoms with Crippen molar-refractivity contribution in [2.24, 2.45) is 14.1 Å². The van der Waals surface area contributed by atoms with E-state index in [1.807, 2.05) is 0 Å². The normalized spacial score (nSPS) is 10.7. The molecule has 3 rings (SSSR count). The van der Waals surface area contributed by atoms with Crippen LogP contribution in [0.5, 0.6) is 0 Å². The molecule has 0 spiro atoms. The van der Waals surface area contributed by atoms with E-state index in [9.17, 15) is 14.4 Å². The number of aromatic nitrogens is 4. The Kier molecular flexibility index (Phi) is 3.49. The average Bonchev–Trinajstić information content (AvgIpc) is 2.58. The largest absolute Gasteiger partial charge is 0.332 e. The first-order chi connectivity index (χ1) is 11.0. The van der Waals surface area contributed by atoms with E-state index in [0.29, 0.717) is 5.69 Å². The van der Waals surface area contributed by atoms with E-state index >= 15 is 0 Å². The smallest absolute Gasteiger partial charge is 0.321 e. The van der Waals surface area contributed by atoms with Crippen LogP contribution in [0.1, 0.15) is 10.5 Å². The van der Waals surface area contributed by atoms with Crippen molar-refractivity contribution in [2.75, 3.05) is 5.32 Å². The quantitative estimate of drug-likeness (QED) is 0.733. The first kappa shape index (κ1) is 14.6. The summed E-state index contributed by atoms with van der Waals surface area (Å²) in [5.74, 6) is -0.439. The van der Waals surface area contributed by atoms with Crippen molar-refractivity contribution in [3.63, 3.8) is 0 Å². The summed E-state index contributed by atoms with van der Waals surface area (Å²) in [7, 11) is 2.90. The van der Waals surface area contributed by atoms with Gasteiger partial charge in [0, 0.05) is 32.2 Å². The zero-order valence-corrected chi connectivity index (χ0v) is 12.5. The van der Waals surface area contributed by atoms with Gasteiger partial charge in [-0.05, 0) is 24.3 Å². The molecule has 0 saturated heterocycles. The van der Waals surface area contributed by atoms with Crippen LogP contribution in [0.25, 0.3) is 11.0 Å². The number of carbonyl (C=O) groups excluding carboxylic acids is 1. The number of fused-ring (bicyclic) bond motifs is 1. The van der Waals surface area contributed by atoms with E-state index in [0.717, 1.165) is 4.57 Å². The number of aryl methyl sites for hydroxylation is 1. The summed E-state index contributed by atoms with van der Waals surface area (Å²) < 4.78 is 2.24. The highest BCUT2D eigenvalue weighted by molar-refractivity contribution is 6.03. The van der Waals surface area contributed by atoms with Crippen LogP contribution in [-0.4, -0.2) is 25.0 Å². The summed E-state index contributed by atoms with van der Waals surface area (Å²) in [6, 6.07) is 6.23. The third-order valence-corrected chi connectivity index (χ3v) is 3.47. The van der Waals surface area contributed by atoms with Gasteiger partial charge in [-0.25, -0.2) is 9.78 Å². The van der Waals surface area contributed by atoms with Crippen LogP contribution < -0.4 is 16.6 Å². The minimum atomic E-state index is -0.498. The number of nitrogens with zero attached hydrogens (tertiary/aromatic N) is 4. The summed E-state index contributed by atoms with van der Waals surface area (Å²) in [5, 5.41) is 2.94. The lowest BCUT2D eigenvalue weighted by Gasteiger charge is -2.08. The van der Waals surface area contributed by atoms with Crippen molar-refractivity contribution in [2.45, 2.75) is 0 Å². The molecule has 1 amide bonds. The minimum Gasteiger partial charge on any atom is -0.321 e. The van der Waals surface area contributed by atoms with Gasteiger partial charge in [-0.3, -0.25) is 23.7 Å². The molecule has 0 aliphatic heterocycles. The molecule has 0 aliphatic rings. The highest BCUT2D eigenvalue weighted by Gasteiger charge is 2.13. The summed E-state index contributed by atoms with van der Waals surface area (Å²) in [4.78, 5) is 44.3. The molecule has 0 atom stereocenters. The number of hydrogen-bond donors (Lipinski definition) is 1. The molecule has 3 aromatic rings. The van der Waals surface area contributed by atoms with Gasteiger partial charge in [0.25, 0.3) is 11.5 Å². The fraction of sp³-hybridized carbons (Fsp3) is 0.133. The van der Waals surface area contributed by atoms with E-state index in [4.69, 9.17) is 0 Å². The molecule has 23 heavy (non-hydrogen) atoms. The number of rotatable bonds is 2. The van der Waals surface area contributed by atoms with Crippen molar-refractivity contribution in [1.82, 2.24) is 19.1 Å². The van der Waals surface area contributed by atoms with Crippen LogP contribution in [0.15, 0.2) is 46.2 Å². The SMILES string of the molecule is Cn1c(=O)c2ccc(C(=O)Nc3ccncc3)nc2n(C)c1=O. The molecule has 3 heterocycles. The van der Waals surface area contributed by atoms with Crippen molar-refractivity contribution >= 4 is 22.6 Å². The summed E-state index contributed by atoms with van der Waals surface area (Å²) in [6.45, 7) is 0. The molecule has 0 unspecified atom stereocenters. The molecule has 1 N–H and O–H groups in total. The lowest BCUT2D eigenvalue weighted by molar-refractivity contribution is 0.102. The second kappa shape index (κ2) is 5.48. The molecule has 116 valence electrons. The Morgan fingerprint density at radius 1 is 1.04 bits per heavy atom. The van der Waals surface area contributed by atoms with Gasteiger partial charge in [-0.2, -0.15) is 0 Å². The number of carbonyl (C=O) groups is 1. The first-order valence-corrected chi connectivity index (χ1v) is 6.77. The molecule has 0 saturated carbocycles. The second-order valence-corrected chi connectivity index (χ2v) is 4.96. The molecule has 8 heteroatoms. The molecular formula is C15H13N5O3. The van der Waals surface area contributed by atoms with Gasteiger partial charge in [0.2, 0.25) is 0 Å². The molecule has 0 radical (unpaired) electrons. The van der Waals surface area contributed by atoms with Crippen LogP contribution in [0.3, 0.4) is 0 Å². The van der Waals surface area contributed by atoms with Crippen molar-refractivity contribution in [1.29, 1.82) is 0 Å². The van der Waals surface area contributed by atoms with Crippen LogP contribution in [-0.2, 0) is 14.1 Å². The standard InChI is InChI=1S/C15H13N5O3/c1-19-12-10(14(22)20(2)15(19)23)3-4-11(18-12)13(21)17-9-5-7-16-8-6-9/h3-8H,1-2H3,(H,16,17,21). The Labute approximate surface area is 130 Å². The third-order valence-electron chi connectivity index (χ3n) is 3.47. The van der Waals surface area contributed by atoms with Crippen molar-refractivity contribution in [3.05, 3.63) is 63.2 Å². The summed E-state index contributed by atoms with van der Waals surface area (Å²) in [5.41, 5.74) is -0.0961. The van der Waals surface area contributed by atoms with Crippen LogP contribution in [0, 0.1) is 0 Å². The number of nitrogens with one attached hydrogen (secondary N) is 1. The predicted molar refractivity (Wildman–Crippen MR) is 84.4 cm³/mol. The molecule has 0 aliphatic carbocycles. The van der Waals surface area contributed by atoms with Gasteiger partial charge in [0.1, 0.15) is 11.3 Å². The highest BCUT2D eigenvalue weighted by Crippen LogP contribution is 2.09. The van der Waals surface area contributed by atoms with E-state index in [1.165, 1.54) is 30.8 Å². The fourth-order valence-electron chi connectivity index (χ4n) is 2.21. The zero-order valence-electron chi connectivity index (χ0n) is 12.5. The number of pyridine rings is 2. The van der Waals surface area contributed by atoms with Gasteiger partial charge in [-0.1, -0.05) is 0 Å². The molecule has 8 nitrogen and oxygen atoms in total. The fourth-order valence-corrected chi connectivity index (χ4v) is 2.21. The molecule has 0 aromatic carbocycles. The maximum Gasteiger partial charge on any atom is 0.332 e. The predicted octanol–water partition coefficient (Wildman–Crippen LogP) is 0.279. The number of amides is 1. The monoisotopic (exact) mass is 311 g/mol. The van der Waals surface area contributed by atoms with E-state index in [1.54, 1.807) is 24.5 Å². The van der Waals surface area contributed by atoms with Gasteiger partial charge < -0.3 is 5.32 Å². The Bertz CT molecular complexity index is 1020. The number of hydrogen-bond acceptors (Lipinski definition) is 5. The Balaban J connectivity index is 2.09. The third kappa shape index (κ3) is 2.50. The Hall–Kier alpha value is -3.29. The van der Waals surface area contributed by atoms with Crippen molar-refractivity contribution in [3.8, 4) is 0 Å². The second-order valence-electron chi connectivity index (χ2n) is 4.96. The van der Waals surface area contributed by atoms with Gasteiger partial charge in [0.15, 0.2) is 0 Å². The maximum atomic E-state index is 12.2. The van der Waals surface area contributed by atoms with Gasteiger partial charge in [0.05, 0.1) is 5.39 Å². The Morgan fingerprint density at radius 3 is 2.43 bits per heavy atom. The highest BCUT2D eigenvalue weighted by atomic mass is 16.2. The van der Waals surface area contributed by atoms with Crippen molar-refractivity contribution < 1.29 is 4.79 Å². The molecule has 0 bridgehead atoms. The minimum absolute atomic E-state index is 0.109. The van der Waals surface area contributed by atoms with Crippen LogP contribution in [0.4, 0.5) is 5.69 Å². The van der Waals surface area contributed by atoms with Crippen LogP contribution >= 0.6 is 0 Å². The van der Waals surface area contributed by atoms with E-state index in [2.05, 4.69) is 15.3 Å². The molecular weight excluding hydrogens is 298 g/mol. The van der Waals surface area contributed by atoms with Crippen LogP contribution in [0.2, 0.25) is 0 Å². The Morgan fingerprint density at radius 2 is 1.74 bits per heavy atom. The first-order valence-electron chi connectivity index (χ1n) is 6.77. The number of anilines is 1. The molecule has 0 fully saturated rings. The molecule has 3 aromatic heterocycles. The topological polar surface area (TPSA) is 98.9 Å². The lowest BCUT2D eigenvalue weighted by atomic mass is 10.2. The zero-order chi connectivity index (χ0) is 16.6. The lowest BCUT2D eigenvalue weighted by Crippen LogP contribution is -2.37. The summed E-state index contributed by atoms with van der Waals surface area (Å²) in [6.07, 6.45) is 3.10. The maximum absolute atomic E-state index is 12.2. The van der Waals surface area contributed by atoms with Gasteiger partial charge in [-0.15, -0.1) is 0 Å². The van der Waals surface area contributed by atoms with Gasteiger partial charge >= 0.3 is 5.69 Å². The average molecular weight is 311 g/mol. The summed E-state index contributed by atoms with van der Waals surface area (Å²) >= 11 is 0. The van der Waals surface area contributed by atoms with E-state index < -0.39 is 17.2 Å².